The first-order chi connectivity index (χ1) is 15.0. The van der Waals surface area contributed by atoms with E-state index in [1.165, 1.54) is 24.4 Å². The second kappa shape index (κ2) is 9.62. The van der Waals surface area contributed by atoms with E-state index in [9.17, 15) is 18.3 Å². The van der Waals surface area contributed by atoms with Gasteiger partial charge in [0, 0.05) is 11.8 Å². The highest BCUT2D eigenvalue weighted by Crippen LogP contribution is 2.29. The third-order valence-electron chi connectivity index (χ3n) is 4.84. The second-order valence-electron chi connectivity index (χ2n) is 7.62. The fourth-order valence-corrected chi connectivity index (χ4v) is 3.75. The minimum absolute atomic E-state index is 0.0297. The fourth-order valence-electron chi connectivity index (χ4n) is 2.83. The molecule has 7 nitrogen and oxygen atoms in total. The molecule has 0 spiro atoms. The summed E-state index contributed by atoms with van der Waals surface area (Å²) in [6, 6.07) is 10.7. The Hall–Kier alpha value is -2.39. The van der Waals surface area contributed by atoms with Gasteiger partial charge in [-0.15, -0.1) is 0 Å². The van der Waals surface area contributed by atoms with Gasteiger partial charge >= 0.3 is 5.56 Å². The van der Waals surface area contributed by atoms with E-state index in [4.69, 9.17) is 27.9 Å². The molecular weight excluding hydrogens is 475 g/mol. The van der Waals surface area contributed by atoms with Crippen LogP contribution in [0.25, 0.3) is 16.8 Å². The Morgan fingerprint density at radius 1 is 1.09 bits per heavy atom. The van der Waals surface area contributed by atoms with Gasteiger partial charge in [0.05, 0.1) is 32.9 Å². The Kier molecular flexibility index (Phi) is 7.29. The first kappa shape index (κ1) is 24.3. The van der Waals surface area contributed by atoms with Crippen LogP contribution in [-0.4, -0.2) is 42.3 Å². The lowest BCUT2D eigenvalue weighted by atomic mass is 10.1. The summed E-state index contributed by atoms with van der Waals surface area (Å²) < 4.78 is 30.4. The van der Waals surface area contributed by atoms with Gasteiger partial charge in [0.2, 0.25) is 0 Å². The third kappa shape index (κ3) is 5.32. The molecule has 1 unspecified atom stereocenters. The zero-order valence-corrected chi connectivity index (χ0v) is 19.9. The predicted octanol–water partition coefficient (Wildman–Crippen LogP) is 4.01. The first-order valence-corrected chi connectivity index (χ1v) is 12.3. The number of benzene rings is 2. The van der Waals surface area contributed by atoms with Crippen LogP contribution in [0.15, 0.2) is 58.4 Å². The number of hydrogen-bond donors (Lipinski definition) is 1. The Labute approximate surface area is 196 Å². The van der Waals surface area contributed by atoms with E-state index in [2.05, 4.69) is 5.10 Å². The Morgan fingerprint density at radius 2 is 1.75 bits per heavy atom. The van der Waals surface area contributed by atoms with Crippen molar-refractivity contribution in [1.82, 2.24) is 9.78 Å². The standard InChI is InChI=1S/C22H22Cl2N2O5S/c1-13(2)20(27)12-31-21-17(14-4-7-16(8-5-14)32(3,29)30)11-25-26(22(21)28)15-6-9-18(23)19(24)10-15/h4-11,13,20,27H,12H2,1-3H3. The molecule has 0 bridgehead atoms. The highest BCUT2D eigenvalue weighted by molar-refractivity contribution is 7.90. The monoisotopic (exact) mass is 496 g/mol. The number of aromatic nitrogens is 2. The minimum Gasteiger partial charge on any atom is -0.485 e. The molecule has 1 N–H and O–H groups in total. The van der Waals surface area contributed by atoms with Crippen molar-refractivity contribution in [2.75, 3.05) is 12.9 Å². The molecule has 1 heterocycles. The van der Waals surface area contributed by atoms with Crippen LogP contribution < -0.4 is 10.3 Å². The van der Waals surface area contributed by atoms with Gasteiger partial charge in [-0.1, -0.05) is 49.2 Å². The Balaban J connectivity index is 2.13. The number of halogens is 2. The van der Waals surface area contributed by atoms with Gasteiger partial charge in [0.1, 0.15) is 6.61 Å². The lowest BCUT2D eigenvalue weighted by Crippen LogP contribution is -2.28. The molecule has 0 amide bonds. The molecule has 3 aromatic rings. The molecule has 0 aliphatic rings. The molecule has 0 saturated heterocycles. The molecule has 0 fully saturated rings. The van der Waals surface area contributed by atoms with Gasteiger partial charge in [-0.25, -0.2) is 8.42 Å². The zero-order valence-electron chi connectivity index (χ0n) is 17.6. The van der Waals surface area contributed by atoms with E-state index in [0.29, 0.717) is 21.8 Å². The van der Waals surface area contributed by atoms with Crippen molar-refractivity contribution in [3.05, 3.63) is 69.1 Å². The third-order valence-corrected chi connectivity index (χ3v) is 6.71. The lowest BCUT2D eigenvalue weighted by molar-refractivity contribution is 0.0695. The quantitative estimate of drug-likeness (QED) is 0.530. The molecular formula is C22H22Cl2N2O5S. The maximum atomic E-state index is 13.3. The molecule has 32 heavy (non-hydrogen) atoms. The number of aliphatic hydroxyl groups is 1. The molecule has 0 aliphatic heterocycles. The van der Waals surface area contributed by atoms with Crippen LogP contribution in [0, 0.1) is 5.92 Å². The van der Waals surface area contributed by atoms with Gasteiger partial charge < -0.3 is 9.84 Å². The van der Waals surface area contributed by atoms with Crippen LogP contribution in [0.3, 0.4) is 0 Å². The molecule has 170 valence electrons. The summed E-state index contributed by atoms with van der Waals surface area (Å²) in [7, 11) is -3.37. The summed E-state index contributed by atoms with van der Waals surface area (Å²) in [5.74, 6) is -0.107. The summed E-state index contributed by atoms with van der Waals surface area (Å²) in [5, 5.41) is 15.0. The maximum Gasteiger partial charge on any atom is 0.314 e. The largest absolute Gasteiger partial charge is 0.485 e. The summed E-state index contributed by atoms with van der Waals surface area (Å²) in [5.41, 5.74) is 0.723. The van der Waals surface area contributed by atoms with Crippen molar-refractivity contribution in [1.29, 1.82) is 0 Å². The summed E-state index contributed by atoms with van der Waals surface area (Å²) >= 11 is 12.1. The van der Waals surface area contributed by atoms with Crippen LogP contribution >= 0.6 is 23.2 Å². The number of ether oxygens (including phenoxy) is 1. The number of hydrogen-bond acceptors (Lipinski definition) is 6. The van der Waals surface area contributed by atoms with Crippen molar-refractivity contribution < 1.29 is 18.3 Å². The van der Waals surface area contributed by atoms with Crippen molar-refractivity contribution in [3.63, 3.8) is 0 Å². The molecule has 2 aromatic carbocycles. The molecule has 0 saturated carbocycles. The number of rotatable bonds is 7. The van der Waals surface area contributed by atoms with E-state index in [1.54, 1.807) is 24.3 Å². The van der Waals surface area contributed by atoms with Gasteiger partial charge in [0.15, 0.2) is 15.6 Å². The lowest BCUT2D eigenvalue weighted by Gasteiger charge is -2.18. The number of aliphatic hydroxyl groups excluding tert-OH is 1. The minimum atomic E-state index is -3.37. The maximum absolute atomic E-state index is 13.3. The molecule has 3 rings (SSSR count). The molecule has 0 radical (unpaired) electrons. The topological polar surface area (TPSA) is 98.5 Å². The summed E-state index contributed by atoms with van der Waals surface area (Å²) in [6.07, 6.45) is 1.77. The van der Waals surface area contributed by atoms with Crippen molar-refractivity contribution in [2.24, 2.45) is 5.92 Å². The van der Waals surface area contributed by atoms with E-state index in [0.717, 1.165) is 10.9 Å². The summed E-state index contributed by atoms with van der Waals surface area (Å²) in [4.78, 5) is 13.4. The SMILES string of the molecule is CC(C)C(O)COc1c(-c2ccc(S(C)(=O)=O)cc2)cnn(-c2ccc(Cl)c(Cl)c2)c1=O. The second-order valence-corrected chi connectivity index (χ2v) is 10.5. The average molecular weight is 497 g/mol. The number of nitrogens with zero attached hydrogens (tertiary/aromatic N) is 2. The van der Waals surface area contributed by atoms with Crippen LogP contribution in [-0.2, 0) is 9.84 Å². The highest BCUT2D eigenvalue weighted by atomic mass is 35.5. The van der Waals surface area contributed by atoms with Crippen LogP contribution in [0.1, 0.15) is 13.8 Å². The first-order valence-electron chi connectivity index (χ1n) is 9.68. The molecule has 1 atom stereocenters. The van der Waals surface area contributed by atoms with Gasteiger partial charge in [0.25, 0.3) is 0 Å². The predicted molar refractivity (Wildman–Crippen MR) is 125 cm³/mol. The van der Waals surface area contributed by atoms with Crippen molar-refractivity contribution in [3.8, 4) is 22.6 Å². The van der Waals surface area contributed by atoms with Gasteiger partial charge in [-0.05, 0) is 41.8 Å². The van der Waals surface area contributed by atoms with Crippen molar-refractivity contribution in [2.45, 2.75) is 24.8 Å². The molecule has 0 aliphatic carbocycles. The van der Waals surface area contributed by atoms with Gasteiger partial charge in [-0.2, -0.15) is 9.78 Å². The van der Waals surface area contributed by atoms with E-state index >= 15 is 0 Å². The van der Waals surface area contributed by atoms with Crippen LogP contribution in [0.5, 0.6) is 5.75 Å². The van der Waals surface area contributed by atoms with Gasteiger partial charge in [-0.3, -0.25) is 4.79 Å². The average Bonchev–Trinajstić information content (AvgIpc) is 2.74. The van der Waals surface area contributed by atoms with Crippen molar-refractivity contribution >= 4 is 33.0 Å². The molecule has 10 heteroatoms. The smallest absolute Gasteiger partial charge is 0.314 e. The normalized spacial score (nSPS) is 12.7. The Morgan fingerprint density at radius 3 is 2.31 bits per heavy atom. The van der Waals surface area contributed by atoms with E-state index in [-0.39, 0.29) is 28.2 Å². The highest BCUT2D eigenvalue weighted by Gasteiger charge is 2.19. The van der Waals surface area contributed by atoms with Crippen LogP contribution in [0.4, 0.5) is 0 Å². The van der Waals surface area contributed by atoms with E-state index in [1.807, 2.05) is 13.8 Å². The zero-order chi connectivity index (χ0) is 23.6. The fraction of sp³-hybridized carbons (Fsp3) is 0.273. The number of sulfone groups is 1. The summed E-state index contributed by atoms with van der Waals surface area (Å²) in [6.45, 7) is 3.56. The van der Waals surface area contributed by atoms with Crippen LogP contribution in [0.2, 0.25) is 10.0 Å². The molecule has 1 aromatic heterocycles. The van der Waals surface area contributed by atoms with E-state index < -0.39 is 21.5 Å². The Bertz CT molecular complexity index is 1290.